The van der Waals surface area contributed by atoms with Gasteiger partial charge in [-0.25, -0.2) is 8.42 Å². The number of carbonyl (C=O) groups excluding carboxylic acids is 2. The van der Waals surface area contributed by atoms with Crippen LogP contribution in [0, 0.1) is 0 Å². The fraction of sp³-hybridized carbons (Fsp3) is 0.600. The van der Waals surface area contributed by atoms with Crippen LogP contribution in [-0.4, -0.2) is 62.3 Å². The molecule has 2 amide bonds. The van der Waals surface area contributed by atoms with Crippen molar-refractivity contribution in [3.8, 4) is 0 Å². The number of carbonyl (C=O) groups is 2. The minimum absolute atomic E-state index is 0.0294. The summed E-state index contributed by atoms with van der Waals surface area (Å²) in [6, 6.07) is 2.34. The van der Waals surface area contributed by atoms with Crippen LogP contribution in [-0.2, 0) is 19.6 Å². The van der Waals surface area contributed by atoms with Crippen molar-refractivity contribution in [3.63, 3.8) is 0 Å². The summed E-state index contributed by atoms with van der Waals surface area (Å²) < 4.78 is 28.2. The van der Waals surface area contributed by atoms with E-state index < -0.39 is 16.1 Å². The van der Waals surface area contributed by atoms with Crippen LogP contribution >= 0.6 is 27.3 Å². The SMILES string of the molecule is O=C(CN1CCC[C@H](NS(=O)(=O)c2ccc(Br)s2)C1=O)N1CCCC1. The Labute approximate surface area is 159 Å². The van der Waals surface area contributed by atoms with Gasteiger partial charge >= 0.3 is 0 Å². The Bertz CT molecular complexity index is 759. The zero-order chi connectivity index (χ0) is 18.0. The zero-order valence-corrected chi connectivity index (χ0v) is 16.8. The first kappa shape index (κ1) is 18.8. The molecule has 10 heteroatoms. The van der Waals surface area contributed by atoms with E-state index in [0.717, 1.165) is 37.3 Å². The van der Waals surface area contributed by atoms with Crippen molar-refractivity contribution in [3.05, 3.63) is 15.9 Å². The largest absolute Gasteiger partial charge is 0.341 e. The first-order valence-corrected chi connectivity index (χ1v) is 11.3. The Morgan fingerprint density at radius 1 is 1.24 bits per heavy atom. The monoisotopic (exact) mass is 449 g/mol. The van der Waals surface area contributed by atoms with Crippen LogP contribution in [0.15, 0.2) is 20.1 Å². The van der Waals surface area contributed by atoms with Gasteiger partial charge in [0.1, 0.15) is 10.3 Å². The van der Waals surface area contributed by atoms with Crippen LogP contribution in [0.1, 0.15) is 25.7 Å². The van der Waals surface area contributed by atoms with Crippen LogP contribution in [0.5, 0.6) is 0 Å². The molecule has 3 heterocycles. The number of thiophene rings is 1. The maximum absolute atomic E-state index is 12.6. The zero-order valence-electron chi connectivity index (χ0n) is 13.6. The van der Waals surface area contributed by atoms with Gasteiger partial charge in [0.15, 0.2) is 0 Å². The molecule has 0 radical (unpaired) electrons. The Morgan fingerprint density at radius 3 is 2.60 bits per heavy atom. The fourth-order valence-corrected chi connectivity index (χ4v) is 6.37. The second-order valence-electron chi connectivity index (χ2n) is 6.22. The van der Waals surface area contributed by atoms with E-state index in [1.54, 1.807) is 11.0 Å². The number of likely N-dealkylation sites (tertiary alicyclic amines) is 2. The second kappa shape index (κ2) is 7.73. The molecular formula is C15H20BrN3O4S2. The van der Waals surface area contributed by atoms with E-state index in [0.29, 0.717) is 23.2 Å². The highest BCUT2D eigenvalue weighted by Crippen LogP contribution is 2.26. The highest BCUT2D eigenvalue weighted by atomic mass is 79.9. The van der Waals surface area contributed by atoms with E-state index in [-0.39, 0.29) is 22.6 Å². The molecule has 2 fully saturated rings. The summed E-state index contributed by atoms with van der Waals surface area (Å²) in [6.45, 7) is 2.00. The van der Waals surface area contributed by atoms with Gasteiger partial charge in [-0.3, -0.25) is 9.59 Å². The van der Waals surface area contributed by atoms with Crippen molar-refractivity contribution in [2.24, 2.45) is 0 Å². The normalized spacial score (nSPS) is 21.8. The summed E-state index contributed by atoms with van der Waals surface area (Å²) in [5, 5.41) is 0. The van der Waals surface area contributed by atoms with Crippen LogP contribution in [0.4, 0.5) is 0 Å². The lowest BCUT2D eigenvalue weighted by Gasteiger charge is -2.33. The minimum atomic E-state index is -3.74. The molecule has 0 aromatic carbocycles. The number of nitrogens with one attached hydrogen (secondary N) is 1. The minimum Gasteiger partial charge on any atom is -0.341 e. The summed E-state index contributed by atoms with van der Waals surface area (Å²) in [6.07, 6.45) is 3.11. The topological polar surface area (TPSA) is 86.8 Å². The predicted molar refractivity (Wildman–Crippen MR) is 97.8 cm³/mol. The Balaban J connectivity index is 1.64. The van der Waals surface area contributed by atoms with E-state index >= 15 is 0 Å². The molecule has 7 nitrogen and oxygen atoms in total. The number of amides is 2. The van der Waals surface area contributed by atoms with Crippen LogP contribution in [0.2, 0.25) is 0 Å². The number of nitrogens with zero attached hydrogens (tertiary/aromatic N) is 2. The van der Waals surface area contributed by atoms with Gasteiger partial charge < -0.3 is 9.80 Å². The molecular weight excluding hydrogens is 430 g/mol. The molecule has 1 atom stereocenters. The van der Waals surface area contributed by atoms with E-state index in [1.807, 2.05) is 0 Å². The van der Waals surface area contributed by atoms with Gasteiger partial charge in [0, 0.05) is 19.6 Å². The van der Waals surface area contributed by atoms with Gasteiger partial charge in [0.25, 0.3) is 10.0 Å². The van der Waals surface area contributed by atoms with Gasteiger partial charge in [-0.1, -0.05) is 0 Å². The molecule has 0 unspecified atom stereocenters. The Morgan fingerprint density at radius 2 is 1.96 bits per heavy atom. The molecule has 138 valence electrons. The van der Waals surface area contributed by atoms with Gasteiger partial charge in [-0.2, -0.15) is 4.72 Å². The van der Waals surface area contributed by atoms with E-state index in [9.17, 15) is 18.0 Å². The van der Waals surface area contributed by atoms with E-state index in [1.165, 1.54) is 11.0 Å². The third kappa shape index (κ3) is 4.42. The number of halogens is 1. The van der Waals surface area contributed by atoms with E-state index in [2.05, 4.69) is 20.7 Å². The van der Waals surface area contributed by atoms with Gasteiger partial charge in [-0.05, 0) is 53.7 Å². The fourth-order valence-electron chi connectivity index (χ4n) is 3.12. The maximum Gasteiger partial charge on any atom is 0.250 e. The lowest BCUT2D eigenvalue weighted by molar-refractivity contribution is -0.142. The van der Waals surface area contributed by atoms with Crippen molar-refractivity contribution in [1.82, 2.24) is 14.5 Å². The Hall–Kier alpha value is -0.970. The first-order valence-electron chi connectivity index (χ1n) is 8.21. The summed E-state index contributed by atoms with van der Waals surface area (Å²) in [5.41, 5.74) is 0. The Kier molecular flexibility index (Phi) is 5.81. The third-order valence-corrected chi connectivity index (χ3v) is 8.01. The third-order valence-electron chi connectivity index (χ3n) is 4.43. The standard InChI is InChI=1S/C15H20BrN3O4S2/c16-12-5-6-14(24-12)25(22,23)17-11-4-3-9-19(15(11)21)10-13(20)18-7-1-2-8-18/h5-6,11,17H,1-4,7-10H2/t11-/m0/s1. The van der Waals surface area contributed by atoms with Gasteiger partial charge in [-0.15, -0.1) is 11.3 Å². The average molecular weight is 450 g/mol. The molecule has 1 aromatic heterocycles. The average Bonchev–Trinajstić information content (AvgIpc) is 3.22. The van der Waals surface area contributed by atoms with Crippen molar-refractivity contribution >= 4 is 49.1 Å². The van der Waals surface area contributed by atoms with Crippen molar-refractivity contribution < 1.29 is 18.0 Å². The van der Waals surface area contributed by atoms with Gasteiger partial charge in [0.2, 0.25) is 11.8 Å². The highest BCUT2D eigenvalue weighted by molar-refractivity contribution is 9.11. The second-order valence-corrected chi connectivity index (χ2v) is 10.6. The number of hydrogen-bond donors (Lipinski definition) is 1. The van der Waals surface area contributed by atoms with Gasteiger partial charge in [0.05, 0.1) is 10.3 Å². The van der Waals surface area contributed by atoms with Crippen LogP contribution in [0.3, 0.4) is 0 Å². The predicted octanol–water partition coefficient (Wildman–Crippen LogP) is 1.40. The summed E-state index contributed by atoms with van der Waals surface area (Å²) in [4.78, 5) is 28.1. The molecule has 1 N–H and O–H groups in total. The number of rotatable bonds is 5. The van der Waals surface area contributed by atoms with Crippen LogP contribution in [0.25, 0.3) is 0 Å². The van der Waals surface area contributed by atoms with Crippen molar-refractivity contribution in [1.29, 1.82) is 0 Å². The lowest BCUT2D eigenvalue weighted by atomic mass is 10.1. The molecule has 0 bridgehead atoms. The number of hydrogen-bond acceptors (Lipinski definition) is 5. The molecule has 0 spiro atoms. The maximum atomic E-state index is 12.6. The summed E-state index contributed by atoms with van der Waals surface area (Å²) >= 11 is 4.33. The summed E-state index contributed by atoms with van der Waals surface area (Å²) in [7, 11) is -3.74. The van der Waals surface area contributed by atoms with E-state index in [4.69, 9.17) is 0 Å². The summed E-state index contributed by atoms with van der Waals surface area (Å²) in [5.74, 6) is -0.380. The molecule has 2 aliphatic rings. The molecule has 2 saturated heterocycles. The number of sulfonamides is 1. The lowest BCUT2D eigenvalue weighted by Crippen LogP contribution is -2.54. The van der Waals surface area contributed by atoms with Crippen molar-refractivity contribution in [2.45, 2.75) is 35.9 Å². The molecule has 3 rings (SSSR count). The molecule has 25 heavy (non-hydrogen) atoms. The molecule has 0 saturated carbocycles. The highest BCUT2D eigenvalue weighted by Gasteiger charge is 2.34. The van der Waals surface area contributed by atoms with Crippen molar-refractivity contribution in [2.75, 3.05) is 26.2 Å². The smallest absolute Gasteiger partial charge is 0.250 e. The molecule has 1 aromatic rings. The first-order chi connectivity index (χ1) is 11.9. The number of piperidine rings is 1. The molecule has 2 aliphatic heterocycles. The molecule has 0 aliphatic carbocycles. The quantitative estimate of drug-likeness (QED) is 0.735. The van der Waals surface area contributed by atoms with Crippen LogP contribution < -0.4 is 4.72 Å².